The Kier molecular flexibility index (Phi) is 6.26. The summed E-state index contributed by atoms with van der Waals surface area (Å²) >= 11 is 3.34. The summed E-state index contributed by atoms with van der Waals surface area (Å²) in [6.45, 7) is 4.32. The summed E-state index contributed by atoms with van der Waals surface area (Å²) in [6.07, 6.45) is 0. The van der Waals surface area contributed by atoms with Gasteiger partial charge in [-0.3, -0.25) is 4.79 Å². The summed E-state index contributed by atoms with van der Waals surface area (Å²) in [5, 5.41) is 2.75. The number of fused-ring (bicyclic) bond motifs is 1. The van der Waals surface area contributed by atoms with Crippen LogP contribution in [0.15, 0.2) is 51.8 Å². The van der Waals surface area contributed by atoms with Gasteiger partial charge in [0, 0.05) is 16.2 Å². The quantitative estimate of drug-likeness (QED) is 0.678. The SMILES string of the molecule is CC(C)[C@H](NS(=O)(=O)c1ccc2c(c1)OCCO2)C(=O)Nc1cccc(Br)c1. The Hall–Kier alpha value is -2.10. The molecule has 1 amide bonds. The Morgan fingerprint density at radius 1 is 1.07 bits per heavy atom. The molecule has 0 aromatic heterocycles. The van der Waals surface area contributed by atoms with E-state index >= 15 is 0 Å². The van der Waals surface area contributed by atoms with Crippen molar-refractivity contribution >= 4 is 37.5 Å². The second kappa shape index (κ2) is 8.50. The molecule has 7 nitrogen and oxygen atoms in total. The van der Waals surface area contributed by atoms with Crippen LogP contribution in [0.25, 0.3) is 0 Å². The first-order valence-electron chi connectivity index (χ1n) is 8.75. The van der Waals surface area contributed by atoms with Crippen LogP contribution in [0.1, 0.15) is 13.8 Å². The normalized spacial score (nSPS) is 14.6. The lowest BCUT2D eigenvalue weighted by Crippen LogP contribution is -2.47. The fraction of sp³-hybridized carbons (Fsp3) is 0.316. The number of nitrogens with one attached hydrogen (secondary N) is 2. The summed E-state index contributed by atoms with van der Waals surface area (Å²) in [5.74, 6) is 0.167. The molecule has 1 heterocycles. The van der Waals surface area contributed by atoms with Gasteiger partial charge in [0.05, 0.1) is 4.90 Å². The molecule has 28 heavy (non-hydrogen) atoms. The first kappa shape index (κ1) is 20.6. The van der Waals surface area contributed by atoms with Gasteiger partial charge in [0.25, 0.3) is 0 Å². The van der Waals surface area contributed by atoms with E-state index in [1.54, 1.807) is 38.1 Å². The van der Waals surface area contributed by atoms with Crippen molar-refractivity contribution in [2.75, 3.05) is 18.5 Å². The molecule has 0 aliphatic carbocycles. The molecule has 0 radical (unpaired) electrons. The molecule has 1 atom stereocenters. The standard InChI is InChI=1S/C19H21BrN2O5S/c1-12(2)18(19(23)21-14-5-3-4-13(20)10-14)22-28(24,25)15-6-7-16-17(11-15)27-9-8-26-16/h3-7,10-12,18,22H,8-9H2,1-2H3,(H,21,23)/t18-/m0/s1. The molecule has 1 aliphatic heterocycles. The van der Waals surface area contributed by atoms with Gasteiger partial charge in [-0.15, -0.1) is 0 Å². The number of carbonyl (C=O) groups excluding carboxylic acids is 1. The highest BCUT2D eigenvalue weighted by Crippen LogP contribution is 2.32. The maximum atomic E-state index is 12.8. The molecule has 0 saturated carbocycles. The molecule has 2 aromatic rings. The predicted octanol–water partition coefficient (Wildman–Crippen LogP) is 3.16. The number of anilines is 1. The fourth-order valence-electron chi connectivity index (χ4n) is 2.70. The molecule has 150 valence electrons. The van der Waals surface area contributed by atoms with Crippen molar-refractivity contribution in [2.45, 2.75) is 24.8 Å². The molecule has 2 aromatic carbocycles. The van der Waals surface area contributed by atoms with E-state index in [0.29, 0.717) is 30.4 Å². The summed E-state index contributed by atoms with van der Waals surface area (Å²) in [4.78, 5) is 12.7. The first-order chi connectivity index (χ1) is 13.3. The predicted molar refractivity (Wildman–Crippen MR) is 109 cm³/mol. The number of hydrogen-bond donors (Lipinski definition) is 2. The zero-order valence-electron chi connectivity index (χ0n) is 15.4. The Balaban J connectivity index is 1.80. The van der Waals surface area contributed by atoms with E-state index in [-0.39, 0.29) is 10.8 Å². The molecular formula is C19H21BrN2O5S. The molecule has 0 unspecified atom stereocenters. The maximum Gasteiger partial charge on any atom is 0.242 e. The summed E-state index contributed by atoms with van der Waals surface area (Å²) in [7, 11) is -3.94. The monoisotopic (exact) mass is 468 g/mol. The maximum absolute atomic E-state index is 12.8. The van der Waals surface area contributed by atoms with E-state index in [2.05, 4.69) is 26.0 Å². The minimum atomic E-state index is -3.94. The molecule has 0 spiro atoms. The summed E-state index contributed by atoms with van der Waals surface area (Å²) in [6, 6.07) is 10.5. The zero-order valence-corrected chi connectivity index (χ0v) is 17.8. The van der Waals surface area contributed by atoms with Gasteiger partial charge in [0.2, 0.25) is 15.9 Å². The molecule has 2 N–H and O–H groups in total. The van der Waals surface area contributed by atoms with Gasteiger partial charge in [-0.05, 0) is 36.2 Å². The van der Waals surface area contributed by atoms with Gasteiger partial charge in [-0.1, -0.05) is 35.8 Å². The third kappa shape index (κ3) is 4.84. The minimum absolute atomic E-state index is 0.0117. The topological polar surface area (TPSA) is 93.7 Å². The number of halogens is 1. The van der Waals surface area contributed by atoms with Gasteiger partial charge < -0.3 is 14.8 Å². The number of carbonyl (C=O) groups is 1. The molecule has 3 rings (SSSR count). The Labute approximate surface area is 172 Å². The average molecular weight is 469 g/mol. The lowest BCUT2D eigenvalue weighted by molar-refractivity contribution is -0.118. The van der Waals surface area contributed by atoms with Crippen LogP contribution < -0.4 is 19.5 Å². The van der Waals surface area contributed by atoms with Crippen LogP contribution in [0.2, 0.25) is 0 Å². The number of hydrogen-bond acceptors (Lipinski definition) is 5. The van der Waals surface area contributed by atoms with E-state index in [0.717, 1.165) is 4.47 Å². The van der Waals surface area contributed by atoms with Gasteiger partial charge in [0.15, 0.2) is 11.5 Å². The second-order valence-corrected chi connectivity index (χ2v) is 9.28. The minimum Gasteiger partial charge on any atom is -0.486 e. The molecule has 0 fully saturated rings. The average Bonchev–Trinajstić information content (AvgIpc) is 2.65. The zero-order chi connectivity index (χ0) is 20.3. The number of ether oxygens (including phenoxy) is 2. The van der Waals surface area contributed by atoms with Crippen molar-refractivity contribution in [2.24, 2.45) is 5.92 Å². The van der Waals surface area contributed by atoms with E-state index in [1.807, 2.05) is 6.07 Å². The summed E-state index contributed by atoms with van der Waals surface area (Å²) < 4.78 is 39.9. The molecule has 0 saturated heterocycles. The molecular weight excluding hydrogens is 448 g/mol. The summed E-state index contributed by atoms with van der Waals surface area (Å²) in [5.41, 5.74) is 0.573. The third-order valence-electron chi connectivity index (χ3n) is 4.15. The smallest absolute Gasteiger partial charge is 0.242 e. The number of sulfonamides is 1. The fourth-order valence-corrected chi connectivity index (χ4v) is 4.46. The molecule has 0 bridgehead atoms. The highest BCUT2D eigenvalue weighted by atomic mass is 79.9. The van der Waals surface area contributed by atoms with Crippen molar-refractivity contribution in [1.29, 1.82) is 0 Å². The number of benzene rings is 2. The molecule has 1 aliphatic rings. The second-order valence-electron chi connectivity index (χ2n) is 6.65. The van der Waals surface area contributed by atoms with Crippen molar-refractivity contribution in [3.05, 3.63) is 46.9 Å². The van der Waals surface area contributed by atoms with E-state index in [4.69, 9.17) is 9.47 Å². The highest BCUT2D eigenvalue weighted by Gasteiger charge is 2.29. The molecule has 9 heteroatoms. The van der Waals surface area contributed by atoms with Crippen molar-refractivity contribution in [1.82, 2.24) is 4.72 Å². The number of rotatable bonds is 6. The van der Waals surface area contributed by atoms with Crippen LogP contribution >= 0.6 is 15.9 Å². The van der Waals surface area contributed by atoms with E-state index in [1.165, 1.54) is 12.1 Å². The van der Waals surface area contributed by atoms with Gasteiger partial charge in [-0.2, -0.15) is 4.72 Å². The highest BCUT2D eigenvalue weighted by molar-refractivity contribution is 9.10. The van der Waals surface area contributed by atoms with Crippen LogP contribution in [-0.2, 0) is 14.8 Å². The van der Waals surface area contributed by atoms with Crippen LogP contribution in [-0.4, -0.2) is 33.6 Å². The van der Waals surface area contributed by atoms with Gasteiger partial charge in [0.1, 0.15) is 19.3 Å². The van der Waals surface area contributed by atoms with Crippen LogP contribution in [0.5, 0.6) is 11.5 Å². The van der Waals surface area contributed by atoms with Crippen LogP contribution in [0, 0.1) is 5.92 Å². The lowest BCUT2D eigenvalue weighted by atomic mass is 10.0. The van der Waals surface area contributed by atoms with E-state index < -0.39 is 22.0 Å². The van der Waals surface area contributed by atoms with Crippen molar-refractivity contribution in [3.8, 4) is 11.5 Å². The Morgan fingerprint density at radius 2 is 1.79 bits per heavy atom. The largest absolute Gasteiger partial charge is 0.486 e. The van der Waals surface area contributed by atoms with Crippen LogP contribution in [0.3, 0.4) is 0 Å². The first-order valence-corrected chi connectivity index (χ1v) is 11.0. The third-order valence-corrected chi connectivity index (χ3v) is 6.08. The van der Waals surface area contributed by atoms with E-state index in [9.17, 15) is 13.2 Å². The number of amides is 1. The lowest BCUT2D eigenvalue weighted by Gasteiger charge is -2.23. The van der Waals surface area contributed by atoms with Crippen molar-refractivity contribution in [3.63, 3.8) is 0 Å². The Bertz CT molecular complexity index is 978. The van der Waals surface area contributed by atoms with Crippen molar-refractivity contribution < 1.29 is 22.7 Å². The Morgan fingerprint density at radius 3 is 2.46 bits per heavy atom. The van der Waals surface area contributed by atoms with Gasteiger partial charge >= 0.3 is 0 Å². The van der Waals surface area contributed by atoms with Crippen LogP contribution in [0.4, 0.5) is 5.69 Å². The van der Waals surface area contributed by atoms with Gasteiger partial charge in [-0.25, -0.2) is 8.42 Å².